The van der Waals surface area contributed by atoms with Gasteiger partial charge in [-0.3, -0.25) is 4.79 Å². The van der Waals surface area contributed by atoms with Crippen LogP contribution in [0.1, 0.15) is 23.1 Å². The molecule has 19 heavy (non-hydrogen) atoms. The molecular formula is C14H16BrNOS2. The molecule has 0 saturated heterocycles. The summed E-state index contributed by atoms with van der Waals surface area (Å²) in [5.41, 5.74) is 0. The van der Waals surface area contributed by atoms with Gasteiger partial charge in [0.1, 0.15) is 0 Å². The summed E-state index contributed by atoms with van der Waals surface area (Å²) in [7, 11) is 0. The zero-order valence-corrected chi connectivity index (χ0v) is 13.9. The van der Waals surface area contributed by atoms with E-state index in [4.69, 9.17) is 0 Å². The third kappa shape index (κ3) is 4.16. The first-order chi connectivity index (χ1) is 9.20. The third-order valence-corrected chi connectivity index (χ3v) is 5.55. The summed E-state index contributed by atoms with van der Waals surface area (Å²) in [6.45, 7) is 3.40. The maximum Gasteiger partial charge on any atom is 0.236 e. The lowest BCUT2D eigenvalue weighted by atomic mass is 10.2. The number of thiophene rings is 2. The lowest BCUT2D eigenvalue weighted by Gasteiger charge is -2.23. The number of carbonyl (C=O) groups excluding carboxylic acids is 1. The van der Waals surface area contributed by atoms with Gasteiger partial charge < -0.3 is 4.90 Å². The summed E-state index contributed by atoms with van der Waals surface area (Å²) < 4.78 is 0. The standard InChI is InChI=1S/C14H16BrNOS2/c1-2-13(15)14(17)16(9-11-5-3-7-18-11)10-12-6-4-8-19-12/h3-8,13H,2,9-10H2,1H3. The Morgan fingerprint density at radius 2 is 1.74 bits per heavy atom. The predicted molar refractivity (Wildman–Crippen MR) is 85.9 cm³/mol. The summed E-state index contributed by atoms with van der Waals surface area (Å²) in [4.78, 5) is 16.7. The van der Waals surface area contributed by atoms with E-state index in [0.717, 1.165) is 6.42 Å². The monoisotopic (exact) mass is 357 g/mol. The van der Waals surface area contributed by atoms with E-state index in [0.29, 0.717) is 13.1 Å². The molecule has 1 unspecified atom stereocenters. The molecule has 0 aliphatic carbocycles. The van der Waals surface area contributed by atoms with Crippen molar-refractivity contribution in [3.8, 4) is 0 Å². The second-order valence-corrected chi connectivity index (χ2v) is 7.40. The van der Waals surface area contributed by atoms with Crippen LogP contribution >= 0.6 is 38.6 Å². The van der Waals surface area contributed by atoms with Crippen LogP contribution in [0.15, 0.2) is 35.0 Å². The van der Waals surface area contributed by atoms with Gasteiger partial charge in [0.25, 0.3) is 0 Å². The van der Waals surface area contributed by atoms with Crippen LogP contribution in [-0.2, 0) is 17.9 Å². The quantitative estimate of drug-likeness (QED) is 0.696. The Kier molecular flexibility index (Phi) is 5.60. The van der Waals surface area contributed by atoms with Crippen LogP contribution in [0.4, 0.5) is 0 Å². The van der Waals surface area contributed by atoms with Crippen LogP contribution in [-0.4, -0.2) is 15.6 Å². The van der Waals surface area contributed by atoms with E-state index >= 15 is 0 Å². The number of nitrogens with zero attached hydrogens (tertiary/aromatic N) is 1. The highest BCUT2D eigenvalue weighted by Crippen LogP contribution is 2.20. The predicted octanol–water partition coefficient (Wildman–Crippen LogP) is 4.51. The van der Waals surface area contributed by atoms with Crippen LogP contribution in [0.5, 0.6) is 0 Å². The largest absolute Gasteiger partial charge is 0.331 e. The summed E-state index contributed by atoms with van der Waals surface area (Å²) >= 11 is 6.86. The Morgan fingerprint density at radius 3 is 2.11 bits per heavy atom. The fraction of sp³-hybridized carbons (Fsp3) is 0.357. The van der Waals surface area contributed by atoms with E-state index in [1.54, 1.807) is 22.7 Å². The molecule has 5 heteroatoms. The molecule has 102 valence electrons. The summed E-state index contributed by atoms with van der Waals surface area (Å²) in [6, 6.07) is 8.21. The first-order valence-corrected chi connectivity index (χ1v) is 8.85. The van der Waals surface area contributed by atoms with Crippen molar-refractivity contribution >= 4 is 44.5 Å². The Morgan fingerprint density at radius 1 is 1.21 bits per heavy atom. The van der Waals surface area contributed by atoms with Crippen molar-refractivity contribution in [2.45, 2.75) is 31.3 Å². The third-order valence-electron chi connectivity index (χ3n) is 2.79. The number of alkyl halides is 1. The first-order valence-electron chi connectivity index (χ1n) is 6.18. The number of carbonyl (C=O) groups is 1. The lowest BCUT2D eigenvalue weighted by Crippen LogP contribution is -2.35. The van der Waals surface area contributed by atoms with Crippen LogP contribution in [0, 0.1) is 0 Å². The number of amides is 1. The molecule has 2 rings (SSSR count). The minimum Gasteiger partial charge on any atom is -0.331 e. The van der Waals surface area contributed by atoms with E-state index in [1.165, 1.54) is 9.75 Å². The van der Waals surface area contributed by atoms with Crippen LogP contribution in [0.3, 0.4) is 0 Å². The molecule has 0 aliphatic heterocycles. The summed E-state index contributed by atoms with van der Waals surface area (Å²) in [5.74, 6) is 0.171. The van der Waals surface area contributed by atoms with Gasteiger partial charge in [0.15, 0.2) is 0 Å². The van der Waals surface area contributed by atoms with Crippen molar-refractivity contribution < 1.29 is 4.79 Å². The molecule has 0 aliphatic rings. The van der Waals surface area contributed by atoms with E-state index < -0.39 is 0 Å². The first kappa shape index (κ1) is 14.8. The van der Waals surface area contributed by atoms with E-state index in [9.17, 15) is 4.79 Å². The molecule has 0 aromatic carbocycles. The van der Waals surface area contributed by atoms with Crippen molar-refractivity contribution in [1.82, 2.24) is 4.90 Å². The fourth-order valence-electron chi connectivity index (χ4n) is 1.77. The van der Waals surface area contributed by atoms with Crippen molar-refractivity contribution in [3.05, 3.63) is 44.8 Å². The molecule has 2 nitrogen and oxygen atoms in total. The van der Waals surface area contributed by atoms with Gasteiger partial charge in [-0.1, -0.05) is 35.0 Å². The Bertz CT molecular complexity index is 459. The zero-order chi connectivity index (χ0) is 13.7. The number of hydrogen-bond acceptors (Lipinski definition) is 3. The summed E-state index contributed by atoms with van der Waals surface area (Å²) in [5, 5.41) is 4.10. The van der Waals surface area contributed by atoms with Gasteiger partial charge in [-0.15, -0.1) is 22.7 Å². The molecule has 0 fully saturated rings. The van der Waals surface area contributed by atoms with Crippen LogP contribution in [0.25, 0.3) is 0 Å². The van der Waals surface area contributed by atoms with E-state index in [-0.39, 0.29) is 10.7 Å². The van der Waals surface area contributed by atoms with E-state index in [1.807, 2.05) is 24.0 Å². The number of hydrogen-bond donors (Lipinski definition) is 0. The SMILES string of the molecule is CCC(Br)C(=O)N(Cc1cccs1)Cc1cccs1. The molecule has 2 aromatic rings. The number of halogens is 1. The fourth-order valence-corrected chi connectivity index (χ4v) is 3.49. The zero-order valence-electron chi connectivity index (χ0n) is 10.7. The maximum absolute atomic E-state index is 12.4. The molecule has 0 saturated carbocycles. The van der Waals surface area contributed by atoms with E-state index in [2.05, 4.69) is 38.8 Å². The van der Waals surface area contributed by atoms with Crippen molar-refractivity contribution in [3.63, 3.8) is 0 Å². The average Bonchev–Trinajstić information content (AvgIpc) is 3.09. The minimum absolute atomic E-state index is 0.0903. The number of rotatable bonds is 6. The molecular weight excluding hydrogens is 342 g/mol. The summed E-state index contributed by atoms with van der Waals surface area (Å²) in [6.07, 6.45) is 0.810. The van der Waals surface area contributed by atoms with Gasteiger partial charge in [-0.05, 0) is 29.3 Å². The van der Waals surface area contributed by atoms with Gasteiger partial charge in [-0.2, -0.15) is 0 Å². The smallest absolute Gasteiger partial charge is 0.236 e. The molecule has 0 bridgehead atoms. The highest BCUT2D eigenvalue weighted by atomic mass is 79.9. The Balaban J connectivity index is 2.10. The van der Waals surface area contributed by atoms with Crippen molar-refractivity contribution in [2.75, 3.05) is 0 Å². The minimum atomic E-state index is -0.0903. The van der Waals surface area contributed by atoms with Gasteiger partial charge in [0.05, 0.1) is 17.9 Å². The van der Waals surface area contributed by atoms with Crippen molar-refractivity contribution in [2.24, 2.45) is 0 Å². The molecule has 1 amide bonds. The highest BCUT2D eigenvalue weighted by Gasteiger charge is 2.21. The van der Waals surface area contributed by atoms with Crippen LogP contribution in [0.2, 0.25) is 0 Å². The molecule has 0 spiro atoms. The Labute approximate surface area is 130 Å². The second-order valence-electron chi connectivity index (χ2n) is 4.23. The normalized spacial score (nSPS) is 12.3. The lowest BCUT2D eigenvalue weighted by molar-refractivity contribution is -0.131. The van der Waals surface area contributed by atoms with Gasteiger partial charge in [0.2, 0.25) is 5.91 Å². The molecule has 2 heterocycles. The average molecular weight is 358 g/mol. The highest BCUT2D eigenvalue weighted by molar-refractivity contribution is 9.10. The van der Waals surface area contributed by atoms with Crippen LogP contribution < -0.4 is 0 Å². The van der Waals surface area contributed by atoms with Gasteiger partial charge in [0, 0.05) is 9.75 Å². The molecule has 0 N–H and O–H groups in total. The van der Waals surface area contributed by atoms with Crippen molar-refractivity contribution in [1.29, 1.82) is 0 Å². The van der Waals surface area contributed by atoms with Gasteiger partial charge >= 0.3 is 0 Å². The molecule has 1 atom stereocenters. The maximum atomic E-state index is 12.4. The molecule has 0 radical (unpaired) electrons. The van der Waals surface area contributed by atoms with Gasteiger partial charge in [-0.25, -0.2) is 0 Å². The Hall–Kier alpha value is -0.650. The topological polar surface area (TPSA) is 20.3 Å². The molecule has 2 aromatic heterocycles. The second kappa shape index (κ2) is 7.22.